The smallest absolute Gasteiger partial charge is 0.223 e. The molecule has 4 heteroatoms. The van der Waals surface area contributed by atoms with Crippen molar-refractivity contribution in [2.24, 2.45) is 5.92 Å². The zero-order chi connectivity index (χ0) is 16.5. The van der Waals surface area contributed by atoms with Crippen LogP contribution in [-0.2, 0) is 11.2 Å². The number of amides is 1. The van der Waals surface area contributed by atoms with Crippen molar-refractivity contribution in [3.05, 3.63) is 35.8 Å². The zero-order valence-corrected chi connectivity index (χ0v) is 14.1. The molecular formula is C20H25FN2O. The molecule has 1 saturated heterocycles. The maximum Gasteiger partial charge on any atom is 0.223 e. The van der Waals surface area contributed by atoms with E-state index in [-0.39, 0.29) is 11.7 Å². The maximum atomic E-state index is 13.5. The van der Waals surface area contributed by atoms with Gasteiger partial charge >= 0.3 is 0 Å². The summed E-state index contributed by atoms with van der Waals surface area (Å²) in [5.41, 5.74) is 1.97. The number of benzene rings is 1. The number of likely N-dealkylation sites (tertiary alicyclic amines) is 1. The normalized spacial score (nSPS) is 24.1. The Morgan fingerprint density at radius 2 is 2.04 bits per heavy atom. The summed E-state index contributed by atoms with van der Waals surface area (Å²) in [5.74, 6) is 0.770. The minimum Gasteiger partial charge on any atom is -0.361 e. The monoisotopic (exact) mass is 328 g/mol. The van der Waals surface area contributed by atoms with Gasteiger partial charge in [0.1, 0.15) is 5.82 Å². The Morgan fingerprint density at radius 3 is 2.96 bits per heavy atom. The van der Waals surface area contributed by atoms with Crippen molar-refractivity contribution >= 4 is 16.8 Å². The van der Waals surface area contributed by atoms with E-state index in [2.05, 4.69) is 9.88 Å². The zero-order valence-electron chi connectivity index (χ0n) is 14.1. The van der Waals surface area contributed by atoms with Gasteiger partial charge in [0.25, 0.3) is 0 Å². The van der Waals surface area contributed by atoms with Crippen LogP contribution in [0, 0.1) is 11.7 Å². The minimum atomic E-state index is -0.226. The van der Waals surface area contributed by atoms with Gasteiger partial charge in [-0.1, -0.05) is 12.8 Å². The highest BCUT2D eigenvalue weighted by Gasteiger charge is 2.35. The van der Waals surface area contributed by atoms with Gasteiger partial charge in [0, 0.05) is 36.1 Å². The van der Waals surface area contributed by atoms with Crippen molar-refractivity contribution in [3.63, 3.8) is 0 Å². The summed E-state index contributed by atoms with van der Waals surface area (Å²) < 4.78 is 13.5. The molecule has 24 heavy (non-hydrogen) atoms. The standard InChI is InChI=1S/C20H25FN2O/c21-16-8-9-18-17(12-16)15(13-22-18)7-10-20(24)23-11-3-5-14-4-1-2-6-19(14)23/h8-9,12-14,19,22H,1-7,10-11H2. The van der Waals surface area contributed by atoms with Gasteiger partial charge < -0.3 is 9.88 Å². The second-order valence-electron chi connectivity index (χ2n) is 7.35. The van der Waals surface area contributed by atoms with E-state index in [1.165, 1.54) is 38.2 Å². The van der Waals surface area contributed by atoms with E-state index in [1.807, 2.05) is 6.20 Å². The summed E-state index contributed by atoms with van der Waals surface area (Å²) in [6, 6.07) is 5.25. The second-order valence-corrected chi connectivity index (χ2v) is 7.35. The van der Waals surface area contributed by atoms with Gasteiger partial charge in [0.05, 0.1) is 0 Å². The quantitative estimate of drug-likeness (QED) is 0.889. The average Bonchev–Trinajstić information content (AvgIpc) is 3.01. The first-order chi connectivity index (χ1) is 11.7. The summed E-state index contributed by atoms with van der Waals surface area (Å²) in [7, 11) is 0. The van der Waals surface area contributed by atoms with Crippen molar-refractivity contribution in [2.75, 3.05) is 6.54 Å². The molecule has 0 bridgehead atoms. The Balaban J connectivity index is 1.44. The molecule has 1 aromatic carbocycles. The van der Waals surface area contributed by atoms with Crippen molar-refractivity contribution in [2.45, 2.75) is 57.4 Å². The summed E-state index contributed by atoms with van der Waals surface area (Å²) in [4.78, 5) is 18.1. The first-order valence-electron chi connectivity index (χ1n) is 9.27. The Morgan fingerprint density at radius 1 is 1.21 bits per heavy atom. The average molecular weight is 328 g/mol. The number of H-pyrrole nitrogens is 1. The lowest BCUT2D eigenvalue weighted by atomic mass is 9.78. The highest BCUT2D eigenvalue weighted by atomic mass is 19.1. The molecule has 1 saturated carbocycles. The molecule has 1 N–H and O–H groups in total. The summed E-state index contributed by atoms with van der Waals surface area (Å²) in [5, 5.41) is 0.900. The van der Waals surface area contributed by atoms with E-state index in [4.69, 9.17) is 0 Å². The lowest BCUT2D eigenvalue weighted by Crippen LogP contribution is -2.49. The van der Waals surface area contributed by atoms with Gasteiger partial charge in [-0.3, -0.25) is 4.79 Å². The molecule has 2 heterocycles. The van der Waals surface area contributed by atoms with Gasteiger partial charge in [-0.05, 0) is 61.8 Å². The van der Waals surface area contributed by atoms with Gasteiger partial charge in [0.2, 0.25) is 5.91 Å². The van der Waals surface area contributed by atoms with Gasteiger partial charge in [0.15, 0.2) is 0 Å². The third-order valence-electron chi connectivity index (χ3n) is 5.90. The van der Waals surface area contributed by atoms with Crippen molar-refractivity contribution in [1.29, 1.82) is 0 Å². The van der Waals surface area contributed by atoms with Crippen molar-refractivity contribution in [1.82, 2.24) is 9.88 Å². The second kappa shape index (κ2) is 6.58. The van der Waals surface area contributed by atoms with E-state index < -0.39 is 0 Å². The highest BCUT2D eigenvalue weighted by molar-refractivity contribution is 5.84. The molecular weight excluding hydrogens is 303 g/mol. The third kappa shape index (κ3) is 2.94. The van der Waals surface area contributed by atoms with Crippen molar-refractivity contribution in [3.8, 4) is 0 Å². The molecule has 0 spiro atoms. The number of aromatic nitrogens is 1. The summed E-state index contributed by atoms with van der Waals surface area (Å²) in [6.07, 6.45) is 10.6. The topological polar surface area (TPSA) is 36.1 Å². The van der Waals surface area contributed by atoms with Crippen LogP contribution in [0.1, 0.15) is 50.5 Å². The largest absolute Gasteiger partial charge is 0.361 e. The third-order valence-corrected chi connectivity index (χ3v) is 5.90. The fourth-order valence-corrected chi connectivity index (χ4v) is 4.68. The lowest BCUT2D eigenvalue weighted by Gasteiger charge is -2.44. The molecule has 1 aromatic heterocycles. The molecule has 2 unspecified atom stereocenters. The molecule has 4 rings (SSSR count). The van der Waals surface area contributed by atoms with Crippen LogP contribution in [0.3, 0.4) is 0 Å². The Hall–Kier alpha value is -1.84. The lowest BCUT2D eigenvalue weighted by molar-refractivity contribution is -0.137. The molecule has 1 amide bonds. The number of carbonyl (C=O) groups excluding carboxylic acids is 1. The first-order valence-corrected chi connectivity index (χ1v) is 9.27. The number of halogens is 1. The van der Waals surface area contributed by atoms with Gasteiger partial charge in [-0.2, -0.15) is 0 Å². The Bertz CT molecular complexity index is 736. The van der Waals surface area contributed by atoms with Crippen LogP contribution in [0.4, 0.5) is 4.39 Å². The number of hydrogen-bond donors (Lipinski definition) is 1. The van der Waals surface area contributed by atoms with Gasteiger partial charge in [-0.25, -0.2) is 4.39 Å². The van der Waals surface area contributed by atoms with E-state index >= 15 is 0 Å². The number of carbonyl (C=O) groups is 1. The molecule has 2 fully saturated rings. The minimum absolute atomic E-state index is 0.226. The van der Waals surface area contributed by atoms with E-state index in [1.54, 1.807) is 12.1 Å². The van der Waals surface area contributed by atoms with Crippen LogP contribution < -0.4 is 0 Å². The van der Waals surface area contributed by atoms with Gasteiger partial charge in [-0.15, -0.1) is 0 Å². The fraction of sp³-hybridized carbons (Fsp3) is 0.550. The Kier molecular flexibility index (Phi) is 4.30. The van der Waals surface area contributed by atoms with E-state index in [0.717, 1.165) is 35.3 Å². The summed E-state index contributed by atoms with van der Waals surface area (Å²) in [6.45, 7) is 0.919. The van der Waals surface area contributed by atoms with Crippen LogP contribution in [0.2, 0.25) is 0 Å². The number of hydrogen-bond acceptors (Lipinski definition) is 1. The maximum absolute atomic E-state index is 13.5. The van der Waals surface area contributed by atoms with Crippen LogP contribution in [0.5, 0.6) is 0 Å². The number of piperidine rings is 1. The number of aromatic amines is 1. The molecule has 0 radical (unpaired) electrons. The van der Waals surface area contributed by atoms with Crippen LogP contribution in [-0.4, -0.2) is 28.4 Å². The molecule has 1 aliphatic heterocycles. The van der Waals surface area contributed by atoms with E-state index in [9.17, 15) is 9.18 Å². The fourth-order valence-electron chi connectivity index (χ4n) is 4.68. The number of nitrogens with one attached hydrogen (secondary N) is 1. The summed E-state index contributed by atoms with van der Waals surface area (Å²) >= 11 is 0. The highest BCUT2D eigenvalue weighted by Crippen LogP contribution is 2.35. The number of fused-ring (bicyclic) bond motifs is 2. The van der Waals surface area contributed by atoms with Crippen LogP contribution in [0.25, 0.3) is 10.9 Å². The first kappa shape index (κ1) is 15.7. The molecule has 128 valence electrons. The molecule has 2 aromatic rings. The molecule has 2 aliphatic rings. The molecule has 1 aliphatic carbocycles. The molecule has 2 atom stereocenters. The van der Waals surface area contributed by atoms with Crippen LogP contribution >= 0.6 is 0 Å². The number of aryl methyl sites for hydroxylation is 1. The van der Waals surface area contributed by atoms with Crippen molar-refractivity contribution < 1.29 is 9.18 Å². The number of nitrogens with zero attached hydrogens (tertiary/aromatic N) is 1. The Labute approximate surface area is 142 Å². The van der Waals surface area contributed by atoms with Crippen LogP contribution in [0.15, 0.2) is 24.4 Å². The van der Waals surface area contributed by atoms with E-state index in [0.29, 0.717) is 18.9 Å². The SMILES string of the molecule is O=C(CCc1c[nH]c2ccc(F)cc12)N1CCCC2CCCCC21. The predicted octanol–water partition coefficient (Wildman–Crippen LogP) is 4.42. The number of rotatable bonds is 3. The predicted molar refractivity (Wildman–Crippen MR) is 93.3 cm³/mol. The molecule has 3 nitrogen and oxygen atoms in total.